The zero-order valence-corrected chi connectivity index (χ0v) is 21.4. The fourth-order valence-corrected chi connectivity index (χ4v) is 8.67. The Hall–Kier alpha value is -1.72. The Labute approximate surface area is 194 Å². The number of fused-ring (bicyclic) bond motifs is 2. The molecule has 0 saturated heterocycles. The van der Waals surface area contributed by atoms with Crippen LogP contribution in [0, 0.1) is 34.6 Å². The van der Waals surface area contributed by atoms with Gasteiger partial charge in [0.25, 0.3) is 0 Å². The largest absolute Gasteiger partial charge is 0.140 e. The smallest absolute Gasteiger partial charge is 0.0449 e. The Kier molecular flexibility index (Phi) is 5.02. The van der Waals surface area contributed by atoms with E-state index < -0.39 is 0 Å². The van der Waals surface area contributed by atoms with Gasteiger partial charge >= 0.3 is 0 Å². The molecule has 5 rings (SSSR count). The lowest BCUT2D eigenvalue weighted by molar-refractivity contribution is 1.44. The maximum absolute atomic E-state index is 2.41. The molecule has 4 heterocycles. The minimum Gasteiger partial charge on any atom is -0.140 e. The molecule has 0 N–H and O–H groups in total. The molecule has 0 amide bonds. The molecule has 0 radical (unpaired) electrons. The Bertz CT molecular complexity index is 1310. The van der Waals surface area contributed by atoms with Crippen LogP contribution in [0.5, 0.6) is 0 Å². The molecule has 0 spiro atoms. The molecule has 152 valence electrons. The summed E-state index contributed by atoms with van der Waals surface area (Å²) in [5, 5.41) is 2.82. The number of hydrogen-bond donors (Lipinski definition) is 0. The van der Waals surface area contributed by atoms with Gasteiger partial charge in [-0.25, -0.2) is 0 Å². The van der Waals surface area contributed by atoms with Crippen LogP contribution < -0.4 is 0 Å². The highest BCUT2D eigenvalue weighted by Gasteiger charge is 2.22. The number of thiophene rings is 4. The van der Waals surface area contributed by atoms with Gasteiger partial charge in [-0.3, -0.25) is 0 Å². The van der Waals surface area contributed by atoms with Crippen LogP contribution in [-0.4, -0.2) is 0 Å². The topological polar surface area (TPSA) is 0 Å². The maximum atomic E-state index is 2.41. The lowest BCUT2D eigenvalue weighted by Crippen LogP contribution is -1.81. The molecule has 0 aliphatic carbocycles. The minimum atomic E-state index is 1.33. The molecular weight excluding hydrogens is 441 g/mol. The third-order valence-corrected chi connectivity index (χ3v) is 10.3. The van der Waals surface area contributed by atoms with E-state index in [0.717, 1.165) is 0 Å². The standard InChI is InChI=1S/C26H24S4/c1-7-8-18-12-20-24(22-10-14(3)17(6)29-22)25-19(11-15(4)27-25)23(26(20)30-18)21-9-13(2)16(5)28-21/h7-12H,1-6H3/b8-7+. The Balaban J connectivity index is 1.98. The molecule has 4 heteroatoms. The molecule has 0 nitrogen and oxygen atoms in total. The van der Waals surface area contributed by atoms with Crippen molar-refractivity contribution in [2.24, 2.45) is 0 Å². The SMILES string of the molecule is C/C=C/c1cc2c(-c3cc(C)c(C)s3)c3sc(C)cc3c(-c3cc(C)c(C)s3)c2s1. The van der Waals surface area contributed by atoms with Gasteiger partial charge in [-0.15, -0.1) is 45.3 Å². The fraction of sp³-hybridized carbons (Fsp3) is 0.231. The van der Waals surface area contributed by atoms with Crippen LogP contribution in [-0.2, 0) is 0 Å². The van der Waals surface area contributed by atoms with E-state index in [-0.39, 0.29) is 0 Å². The first-order chi connectivity index (χ1) is 14.4. The van der Waals surface area contributed by atoms with Gasteiger partial charge in [-0.1, -0.05) is 6.08 Å². The summed E-state index contributed by atoms with van der Waals surface area (Å²) >= 11 is 7.74. The Morgan fingerprint density at radius 2 is 1.17 bits per heavy atom. The lowest BCUT2D eigenvalue weighted by Gasteiger charge is -2.09. The van der Waals surface area contributed by atoms with Crippen molar-refractivity contribution in [1.29, 1.82) is 0 Å². The Morgan fingerprint density at radius 3 is 1.67 bits per heavy atom. The number of hydrogen-bond acceptors (Lipinski definition) is 4. The van der Waals surface area contributed by atoms with E-state index in [1.54, 1.807) is 0 Å². The highest BCUT2D eigenvalue weighted by atomic mass is 32.1. The van der Waals surface area contributed by atoms with E-state index >= 15 is 0 Å². The second kappa shape index (κ2) is 7.45. The summed E-state index contributed by atoms with van der Waals surface area (Å²) in [7, 11) is 0. The number of allylic oxidation sites excluding steroid dienone is 1. The molecule has 0 aliphatic heterocycles. The van der Waals surface area contributed by atoms with E-state index in [4.69, 9.17) is 0 Å². The van der Waals surface area contributed by atoms with Gasteiger partial charge in [0.1, 0.15) is 0 Å². The first-order valence-corrected chi connectivity index (χ1v) is 13.4. The van der Waals surface area contributed by atoms with Crippen LogP contribution in [0.15, 0.2) is 30.3 Å². The van der Waals surface area contributed by atoms with Crippen LogP contribution in [0.2, 0.25) is 0 Å². The second-order valence-electron chi connectivity index (χ2n) is 7.94. The Morgan fingerprint density at radius 1 is 0.633 bits per heavy atom. The van der Waals surface area contributed by atoms with Crippen molar-refractivity contribution < 1.29 is 0 Å². The minimum absolute atomic E-state index is 1.33. The molecule has 1 aromatic carbocycles. The van der Waals surface area contributed by atoms with E-state index in [2.05, 4.69) is 78.0 Å². The molecule has 0 fully saturated rings. The van der Waals surface area contributed by atoms with Crippen LogP contribution >= 0.6 is 45.3 Å². The molecule has 0 atom stereocenters. The van der Waals surface area contributed by atoms with Crippen molar-refractivity contribution in [2.45, 2.75) is 41.5 Å². The molecule has 0 aliphatic rings. The molecule has 4 aromatic heterocycles. The van der Waals surface area contributed by atoms with Crippen molar-refractivity contribution in [2.75, 3.05) is 0 Å². The third kappa shape index (κ3) is 3.13. The second-order valence-corrected chi connectivity index (χ2v) is 12.8. The van der Waals surface area contributed by atoms with Crippen LogP contribution in [0.4, 0.5) is 0 Å². The predicted octanol–water partition coefficient (Wildman–Crippen LogP) is 10.1. The summed E-state index contributed by atoms with van der Waals surface area (Å²) in [5.41, 5.74) is 5.64. The van der Waals surface area contributed by atoms with Gasteiger partial charge in [-0.05, 0) is 83.0 Å². The van der Waals surface area contributed by atoms with Gasteiger partial charge in [0, 0.05) is 60.6 Å². The van der Waals surface area contributed by atoms with Crippen LogP contribution in [0.3, 0.4) is 0 Å². The van der Waals surface area contributed by atoms with E-state index in [9.17, 15) is 0 Å². The maximum Gasteiger partial charge on any atom is 0.0449 e. The van der Waals surface area contributed by atoms with Crippen LogP contribution in [0.25, 0.3) is 47.1 Å². The van der Waals surface area contributed by atoms with E-state index in [1.807, 2.05) is 45.3 Å². The predicted molar refractivity (Wildman–Crippen MR) is 142 cm³/mol. The quantitative estimate of drug-likeness (QED) is 0.249. The summed E-state index contributed by atoms with van der Waals surface area (Å²) in [4.78, 5) is 8.34. The highest BCUT2D eigenvalue weighted by Crippen LogP contribution is 2.52. The number of rotatable bonds is 3. The van der Waals surface area contributed by atoms with Crippen molar-refractivity contribution in [1.82, 2.24) is 0 Å². The van der Waals surface area contributed by atoms with Gasteiger partial charge in [0.05, 0.1) is 0 Å². The molecule has 0 unspecified atom stereocenters. The summed E-state index contributed by atoms with van der Waals surface area (Å²) in [6, 6.07) is 9.58. The molecule has 30 heavy (non-hydrogen) atoms. The summed E-state index contributed by atoms with van der Waals surface area (Å²) in [6.07, 6.45) is 4.39. The first kappa shape index (κ1) is 20.2. The normalized spacial score (nSPS) is 12.2. The zero-order valence-electron chi connectivity index (χ0n) is 18.1. The van der Waals surface area contributed by atoms with E-state index in [1.165, 1.54) is 71.7 Å². The third-order valence-electron chi connectivity index (χ3n) is 5.75. The average Bonchev–Trinajstić information content (AvgIpc) is 3.42. The lowest BCUT2D eigenvalue weighted by atomic mass is 9.99. The van der Waals surface area contributed by atoms with Crippen molar-refractivity contribution in [3.05, 3.63) is 61.0 Å². The average molecular weight is 465 g/mol. The summed E-state index contributed by atoms with van der Waals surface area (Å²) < 4.78 is 2.86. The molecule has 5 aromatic rings. The molecular formula is C26H24S4. The zero-order chi connectivity index (χ0) is 21.2. The number of aryl methyl sites for hydroxylation is 5. The molecule has 0 saturated carbocycles. The van der Waals surface area contributed by atoms with Crippen molar-refractivity contribution in [3.8, 4) is 20.9 Å². The summed E-state index contributed by atoms with van der Waals surface area (Å²) in [5.74, 6) is 0. The monoisotopic (exact) mass is 464 g/mol. The van der Waals surface area contributed by atoms with Crippen molar-refractivity contribution in [3.63, 3.8) is 0 Å². The van der Waals surface area contributed by atoms with Crippen LogP contribution in [0.1, 0.15) is 37.6 Å². The van der Waals surface area contributed by atoms with Gasteiger partial charge in [-0.2, -0.15) is 0 Å². The summed E-state index contributed by atoms with van der Waals surface area (Å²) in [6.45, 7) is 13.3. The van der Waals surface area contributed by atoms with Gasteiger partial charge < -0.3 is 0 Å². The highest BCUT2D eigenvalue weighted by molar-refractivity contribution is 7.24. The first-order valence-electron chi connectivity index (χ1n) is 10.1. The van der Waals surface area contributed by atoms with E-state index in [0.29, 0.717) is 0 Å². The molecule has 0 bridgehead atoms. The fourth-order valence-electron chi connectivity index (χ4n) is 4.04. The van der Waals surface area contributed by atoms with Gasteiger partial charge in [0.15, 0.2) is 0 Å². The van der Waals surface area contributed by atoms with Crippen molar-refractivity contribution >= 4 is 71.6 Å². The van der Waals surface area contributed by atoms with Gasteiger partial charge in [0.2, 0.25) is 0 Å². The number of benzene rings is 1.